The molecule has 0 amide bonds. The number of ether oxygens (including phenoxy) is 2. The second kappa shape index (κ2) is 8.77. The minimum atomic E-state index is -4.71. The highest BCUT2D eigenvalue weighted by Gasteiger charge is 2.31. The fourth-order valence-electron chi connectivity index (χ4n) is 2.05. The van der Waals surface area contributed by atoms with Gasteiger partial charge in [0.05, 0.1) is 6.61 Å². The third-order valence-electron chi connectivity index (χ3n) is 3.46. The zero-order chi connectivity index (χ0) is 17.4. The largest absolute Gasteiger partial charge is 0.573 e. The summed E-state index contributed by atoms with van der Waals surface area (Å²) in [6, 6.07) is 6.00. The van der Waals surface area contributed by atoms with Crippen LogP contribution >= 0.6 is 0 Å². The van der Waals surface area contributed by atoms with Crippen LogP contribution in [0.3, 0.4) is 0 Å². The van der Waals surface area contributed by atoms with Crippen LogP contribution in [0.5, 0.6) is 5.75 Å². The molecule has 5 nitrogen and oxygen atoms in total. The van der Waals surface area contributed by atoms with Crippen molar-refractivity contribution in [1.82, 2.24) is 10.6 Å². The molecule has 0 unspecified atom stereocenters. The average Bonchev–Trinajstić information content (AvgIpc) is 3.34. The van der Waals surface area contributed by atoms with Crippen molar-refractivity contribution in [2.75, 3.05) is 26.8 Å². The van der Waals surface area contributed by atoms with Gasteiger partial charge in [-0.25, -0.2) is 0 Å². The monoisotopic (exact) mass is 345 g/mol. The van der Waals surface area contributed by atoms with E-state index >= 15 is 0 Å². The molecule has 0 aromatic heterocycles. The van der Waals surface area contributed by atoms with Gasteiger partial charge in [0.2, 0.25) is 0 Å². The van der Waals surface area contributed by atoms with E-state index in [-0.39, 0.29) is 12.3 Å². The molecule has 1 aliphatic carbocycles. The number of hydrogen-bond acceptors (Lipinski definition) is 3. The van der Waals surface area contributed by atoms with Crippen LogP contribution in [0, 0.1) is 5.92 Å². The maximum absolute atomic E-state index is 12.4. The Hall–Kier alpha value is -1.96. The number of nitrogens with one attached hydrogen (secondary N) is 2. The maximum atomic E-state index is 12.4. The topological polar surface area (TPSA) is 54.9 Å². The van der Waals surface area contributed by atoms with Crippen LogP contribution in [0.4, 0.5) is 13.2 Å². The fourth-order valence-corrected chi connectivity index (χ4v) is 2.05. The van der Waals surface area contributed by atoms with E-state index in [9.17, 15) is 13.2 Å². The first-order valence-electron chi connectivity index (χ1n) is 7.84. The second-order valence-corrected chi connectivity index (χ2v) is 5.53. The fraction of sp³-hybridized carbons (Fsp3) is 0.562. The number of guanidine groups is 1. The molecule has 0 heterocycles. The lowest BCUT2D eigenvalue weighted by atomic mass is 10.2. The van der Waals surface area contributed by atoms with E-state index in [0.717, 1.165) is 6.61 Å². The number of rotatable bonds is 8. The molecule has 134 valence electrons. The molecule has 1 aliphatic rings. The van der Waals surface area contributed by atoms with Gasteiger partial charge in [0.15, 0.2) is 5.96 Å². The molecule has 0 atom stereocenters. The van der Waals surface area contributed by atoms with E-state index in [1.165, 1.54) is 25.0 Å². The molecule has 1 aromatic rings. The number of benzene rings is 1. The Labute approximate surface area is 139 Å². The van der Waals surface area contributed by atoms with E-state index in [1.807, 2.05) is 0 Å². The van der Waals surface area contributed by atoms with Crippen LogP contribution < -0.4 is 15.4 Å². The zero-order valence-corrected chi connectivity index (χ0v) is 13.5. The van der Waals surface area contributed by atoms with Gasteiger partial charge < -0.3 is 20.1 Å². The molecule has 1 fully saturated rings. The molecule has 0 bridgehead atoms. The van der Waals surface area contributed by atoms with Crippen LogP contribution in [-0.4, -0.2) is 39.1 Å². The summed E-state index contributed by atoms with van der Waals surface area (Å²) in [7, 11) is 1.60. The molecular formula is C16H22F3N3O2. The summed E-state index contributed by atoms with van der Waals surface area (Å²) < 4.78 is 46.7. The molecule has 1 saturated carbocycles. The first-order valence-corrected chi connectivity index (χ1v) is 7.84. The standard InChI is InChI=1S/C16H22F3N3O2/c1-20-15(21-8-9-23-11-12-6-7-12)22-10-13-4-2-3-5-14(13)24-16(17,18)19/h2-5,12H,6-11H2,1H3,(H2,20,21,22). The smallest absolute Gasteiger partial charge is 0.405 e. The minimum absolute atomic E-state index is 0.162. The summed E-state index contributed by atoms with van der Waals surface area (Å²) in [5.74, 6) is 0.986. The van der Waals surface area contributed by atoms with Crippen molar-refractivity contribution in [2.45, 2.75) is 25.7 Å². The van der Waals surface area contributed by atoms with Crippen molar-refractivity contribution in [3.05, 3.63) is 29.8 Å². The number of halogens is 3. The van der Waals surface area contributed by atoms with Gasteiger partial charge in [0, 0.05) is 32.3 Å². The Morgan fingerprint density at radius 2 is 2.00 bits per heavy atom. The molecule has 1 aromatic carbocycles. The normalized spacial score (nSPS) is 15.2. The lowest BCUT2D eigenvalue weighted by Crippen LogP contribution is -2.38. The molecule has 2 rings (SSSR count). The van der Waals surface area contributed by atoms with Crippen molar-refractivity contribution in [3.8, 4) is 5.75 Å². The molecule has 0 radical (unpaired) electrons. The molecule has 2 N–H and O–H groups in total. The van der Waals surface area contributed by atoms with Crippen LogP contribution in [0.25, 0.3) is 0 Å². The summed E-state index contributed by atoms with van der Waals surface area (Å²) in [6.45, 7) is 2.09. The maximum Gasteiger partial charge on any atom is 0.573 e. The van der Waals surface area contributed by atoms with E-state index in [0.29, 0.717) is 30.6 Å². The summed E-state index contributed by atoms with van der Waals surface area (Å²) in [6.07, 6.45) is -2.22. The number of aliphatic imine (C=N–C) groups is 1. The number of hydrogen-bond donors (Lipinski definition) is 2. The third kappa shape index (κ3) is 7.08. The van der Waals surface area contributed by atoms with Gasteiger partial charge >= 0.3 is 6.36 Å². The quantitative estimate of drug-likeness (QED) is 0.432. The van der Waals surface area contributed by atoms with E-state index in [1.54, 1.807) is 19.2 Å². The summed E-state index contributed by atoms with van der Waals surface area (Å²) in [5.41, 5.74) is 0.391. The highest BCUT2D eigenvalue weighted by molar-refractivity contribution is 5.79. The Morgan fingerprint density at radius 1 is 1.25 bits per heavy atom. The molecule has 24 heavy (non-hydrogen) atoms. The molecule has 0 saturated heterocycles. The van der Waals surface area contributed by atoms with Gasteiger partial charge in [0.25, 0.3) is 0 Å². The minimum Gasteiger partial charge on any atom is -0.405 e. The average molecular weight is 345 g/mol. The number of nitrogens with zero attached hydrogens (tertiary/aromatic N) is 1. The van der Waals surface area contributed by atoms with E-state index in [4.69, 9.17) is 4.74 Å². The summed E-state index contributed by atoms with van der Waals surface area (Å²) in [4.78, 5) is 4.03. The lowest BCUT2D eigenvalue weighted by molar-refractivity contribution is -0.274. The van der Waals surface area contributed by atoms with E-state index in [2.05, 4.69) is 20.4 Å². The van der Waals surface area contributed by atoms with Crippen LogP contribution in [0.15, 0.2) is 29.3 Å². The summed E-state index contributed by atoms with van der Waals surface area (Å²) in [5, 5.41) is 6.01. The van der Waals surface area contributed by atoms with Crippen molar-refractivity contribution in [2.24, 2.45) is 10.9 Å². The van der Waals surface area contributed by atoms with Gasteiger partial charge in [-0.15, -0.1) is 13.2 Å². The predicted molar refractivity (Wildman–Crippen MR) is 84.9 cm³/mol. The second-order valence-electron chi connectivity index (χ2n) is 5.53. The highest BCUT2D eigenvalue weighted by Crippen LogP contribution is 2.28. The van der Waals surface area contributed by atoms with Gasteiger partial charge in [-0.2, -0.15) is 0 Å². The Morgan fingerprint density at radius 3 is 2.67 bits per heavy atom. The van der Waals surface area contributed by atoms with Crippen molar-refractivity contribution in [1.29, 1.82) is 0 Å². The SMILES string of the molecule is CN=C(NCCOCC1CC1)NCc1ccccc1OC(F)(F)F. The van der Waals surface area contributed by atoms with Crippen molar-refractivity contribution < 1.29 is 22.6 Å². The van der Waals surface area contributed by atoms with Crippen molar-refractivity contribution in [3.63, 3.8) is 0 Å². The van der Waals surface area contributed by atoms with Gasteiger partial charge in [-0.3, -0.25) is 4.99 Å². The van der Waals surface area contributed by atoms with Crippen molar-refractivity contribution >= 4 is 5.96 Å². The highest BCUT2D eigenvalue weighted by atomic mass is 19.4. The third-order valence-corrected chi connectivity index (χ3v) is 3.46. The molecule has 8 heteroatoms. The molecular weight excluding hydrogens is 323 g/mol. The number of para-hydroxylation sites is 1. The van der Waals surface area contributed by atoms with Crippen LogP contribution in [0.1, 0.15) is 18.4 Å². The Kier molecular flexibility index (Phi) is 6.72. The first kappa shape index (κ1) is 18.4. The Balaban J connectivity index is 1.75. The summed E-state index contributed by atoms with van der Waals surface area (Å²) >= 11 is 0. The van der Waals surface area contributed by atoms with Crippen LogP contribution in [0.2, 0.25) is 0 Å². The van der Waals surface area contributed by atoms with E-state index < -0.39 is 6.36 Å². The number of alkyl halides is 3. The zero-order valence-electron chi connectivity index (χ0n) is 13.5. The first-order chi connectivity index (χ1) is 11.5. The molecule has 0 spiro atoms. The Bertz CT molecular complexity index is 546. The van der Waals surface area contributed by atoms with Gasteiger partial charge in [0.1, 0.15) is 5.75 Å². The van der Waals surface area contributed by atoms with Gasteiger partial charge in [-0.05, 0) is 24.8 Å². The predicted octanol–water partition coefficient (Wildman–Crippen LogP) is 2.68. The molecule has 0 aliphatic heterocycles. The van der Waals surface area contributed by atoms with Gasteiger partial charge in [-0.1, -0.05) is 18.2 Å². The lowest BCUT2D eigenvalue weighted by Gasteiger charge is -2.15. The van der Waals surface area contributed by atoms with Crippen LogP contribution in [-0.2, 0) is 11.3 Å².